The molecule has 0 radical (unpaired) electrons. The zero-order chi connectivity index (χ0) is 22.2. The van der Waals surface area contributed by atoms with Crippen molar-refractivity contribution in [3.63, 3.8) is 0 Å². The Balaban J connectivity index is 1.35. The Kier molecular flexibility index (Phi) is 5.17. The van der Waals surface area contributed by atoms with E-state index in [4.69, 9.17) is 5.26 Å². The molecule has 2 bridgehead atoms. The lowest BCUT2D eigenvalue weighted by Crippen LogP contribution is -2.49. The Labute approximate surface area is 184 Å². The van der Waals surface area contributed by atoms with Crippen LogP contribution in [0.15, 0.2) is 30.7 Å². The zero-order valence-corrected chi connectivity index (χ0v) is 17.6. The molecule has 0 unspecified atom stereocenters. The second-order valence-electron chi connectivity index (χ2n) is 8.62. The lowest BCUT2D eigenvalue weighted by molar-refractivity contribution is 0.0656. The van der Waals surface area contributed by atoms with Crippen LogP contribution in [0.2, 0.25) is 0 Å². The number of fused-ring (bicyclic) bond motifs is 2. The number of rotatable bonds is 4. The van der Waals surface area contributed by atoms with E-state index in [1.54, 1.807) is 18.3 Å². The van der Waals surface area contributed by atoms with Gasteiger partial charge in [0.25, 0.3) is 5.82 Å². The number of nitriles is 1. The largest absolute Gasteiger partial charge is 0.507 e. The van der Waals surface area contributed by atoms with Crippen molar-refractivity contribution in [3.8, 4) is 28.9 Å². The van der Waals surface area contributed by atoms with Crippen molar-refractivity contribution in [3.05, 3.63) is 36.5 Å². The Bertz CT molecular complexity index is 1160. The third-order valence-electron chi connectivity index (χ3n) is 6.70. The monoisotopic (exact) mass is 434 g/mol. The number of alkyl halides is 1. The van der Waals surface area contributed by atoms with Crippen LogP contribution < -0.4 is 4.90 Å². The number of aromatic nitrogens is 6. The lowest BCUT2D eigenvalue weighted by Gasteiger charge is -2.45. The van der Waals surface area contributed by atoms with Crippen LogP contribution in [0.4, 0.5) is 10.2 Å². The fourth-order valence-corrected chi connectivity index (χ4v) is 5.01. The quantitative estimate of drug-likeness (QED) is 0.666. The molecule has 0 aliphatic heterocycles. The Morgan fingerprint density at radius 2 is 2.09 bits per heavy atom. The molecule has 2 fully saturated rings. The van der Waals surface area contributed by atoms with E-state index in [0.29, 0.717) is 23.0 Å². The van der Waals surface area contributed by atoms with E-state index in [2.05, 4.69) is 25.3 Å². The first kappa shape index (κ1) is 20.3. The van der Waals surface area contributed by atoms with Crippen molar-refractivity contribution in [1.29, 1.82) is 5.26 Å². The number of phenolic OH excluding ortho intramolecular Hbond substituents is 1. The number of hydrogen-bond acceptors (Lipinski definition) is 8. The fourth-order valence-electron chi connectivity index (χ4n) is 5.01. The summed E-state index contributed by atoms with van der Waals surface area (Å²) in [5.41, 5.74) is 0.952. The second kappa shape index (κ2) is 8.15. The molecule has 0 spiro atoms. The van der Waals surface area contributed by atoms with Crippen molar-refractivity contribution in [1.82, 2.24) is 29.9 Å². The summed E-state index contributed by atoms with van der Waals surface area (Å²) in [7, 11) is 1.85. The van der Waals surface area contributed by atoms with Crippen molar-refractivity contribution in [2.75, 3.05) is 11.9 Å². The van der Waals surface area contributed by atoms with Crippen LogP contribution in [0, 0.1) is 23.2 Å². The Hall–Kier alpha value is -3.61. The van der Waals surface area contributed by atoms with Crippen LogP contribution in [0.5, 0.6) is 5.75 Å². The second-order valence-corrected chi connectivity index (χ2v) is 8.62. The molecule has 10 heteroatoms. The van der Waals surface area contributed by atoms with E-state index in [9.17, 15) is 5.11 Å². The average Bonchev–Trinajstić information content (AvgIpc) is 3.31. The van der Waals surface area contributed by atoms with Gasteiger partial charge in [0, 0.05) is 13.1 Å². The van der Waals surface area contributed by atoms with Crippen molar-refractivity contribution in [2.45, 2.75) is 44.3 Å². The summed E-state index contributed by atoms with van der Waals surface area (Å²) in [6.07, 6.45) is 7.20. The maximum absolute atomic E-state index is 15.1. The summed E-state index contributed by atoms with van der Waals surface area (Å²) in [6.45, 7) is 0. The van der Waals surface area contributed by atoms with Gasteiger partial charge in [-0.25, -0.2) is 19.0 Å². The van der Waals surface area contributed by atoms with E-state index < -0.39 is 6.17 Å². The van der Waals surface area contributed by atoms with Crippen LogP contribution in [-0.4, -0.2) is 54.3 Å². The number of aromatic hydroxyl groups is 1. The molecule has 2 aliphatic rings. The fraction of sp³-hybridized carbons (Fsp3) is 0.455. The number of nitrogens with zero attached hydrogens (tertiary/aromatic N) is 8. The Morgan fingerprint density at radius 1 is 1.22 bits per heavy atom. The van der Waals surface area contributed by atoms with Gasteiger partial charge in [-0.1, -0.05) is 12.8 Å². The molecule has 0 saturated heterocycles. The molecule has 9 nitrogen and oxygen atoms in total. The van der Waals surface area contributed by atoms with Crippen molar-refractivity contribution < 1.29 is 9.50 Å². The molecule has 1 N–H and O–H groups in total. The summed E-state index contributed by atoms with van der Waals surface area (Å²) in [6, 6.07) is 6.50. The molecular weight excluding hydrogens is 411 g/mol. The minimum absolute atomic E-state index is 0.0397. The molecule has 0 amide bonds. The summed E-state index contributed by atoms with van der Waals surface area (Å²) in [5, 5.41) is 31.8. The first-order valence-corrected chi connectivity index (χ1v) is 10.8. The van der Waals surface area contributed by atoms with Gasteiger partial charge in [0.05, 0.1) is 23.5 Å². The van der Waals surface area contributed by atoms with Crippen LogP contribution in [0.1, 0.15) is 37.9 Å². The molecular formula is C22H23FN8O. The maximum atomic E-state index is 15.1. The van der Waals surface area contributed by atoms with Gasteiger partial charge >= 0.3 is 0 Å². The van der Waals surface area contributed by atoms with E-state index in [1.165, 1.54) is 23.5 Å². The number of halogens is 1. The average molecular weight is 434 g/mol. The Morgan fingerprint density at radius 3 is 2.81 bits per heavy atom. The van der Waals surface area contributed by atoms with Gasteiger partial charge in [0.1, 0.15) is 24.3 Å². The van der Waals surface area contributed by atoms with Gasteiger partial charge < -0.3 is 10.0 Å². The molecule has 164 valence electrons. The molecule has 2 aromatic heterocycles. The normalized spacial score (nSPS) is 24.7. The number of anilines is 1. The topological polar surface area (TPSA) is 117 Å². The first-order valence-electron chi connectivity index (χ1n) is 10.8. The van der Waals surface area contributed by atoms with Crippen molar-refractivity contribution in [2.24, 2.45) is 11.8 Å². The van der Waals surface area contributed by atoms with Gasteiger partial charge in [0.2, 0.25) is 0 Å². The summed E-state index contributed by atoms with van der Waals surface area (Å²) < 4.78 is 16.5. The minimum Gasteiger partial charge on any atom is -0.507 e. The smallest absolute Gasteiger partial charge is 0.252 e. The van der Waals surface area contributed by atoms with Crippen LogP contribution in [-0.2, 0) is 0 Å². The summed E-state index contributed by atoms with van der Waals surface area (Å²) >= 11 is 0. The third-order valence-corrected chi connectivity index (χ3v) is 6.70. The highest BCUT2D eigenvalue weighted by Gasteiger charge is 2.42. The molecule has 2 aliphatic carbocycles. The van der Waals surface area contributed by atoms with Crippen molar-refractivity contribution >= 4 is 5.82 Å². The molecule has 2 heterocycles. The third kappa shape index (κ3) is 3.64. The summed E-state index contributed by atoms with van der Waals surface area (Å²) in [4.78, 5) is 10.1. The molecule has 5 rings (SSSR count). The van der Waals surface area contributed by atoms with Gasteiger partial charge in [-0.2, -0.15) is 5.26 Å². The maximum Gasteiger partial charge on any atom is 0.252 e. The zero-order valence-electron chi connectivity index (χ0n) is 17.6. The van der Waals surface area contributed by atoms with E-state index in [-0.39, 0.29) is 29.4 Å². The highest BCUT2D eigenvalue weighted by atomic mass is 19.1. The minimum atomic E-state index is -0.868. The van der Waals surface area contributed by atoms with Crippen LogP contribution >= 0.6 is 0 Å². The standard InChI is InChI=1S/C22H23FN8O/c1-30(17-8-13-3-2-4-14(7-13)21(17)23)20-11-25-22(28-27-20)16-6-5-15(9-18(16)32)31-12-26-19(10-24)29-31/h5-6,9,11-14,17,21,32H,2-4,7-8H2,1H3/t13-,14+,17+,21-/m0/s1. The van der Waals surface area contributed by atoms with Gasteiger partial charge in [-0.15, -0.1) is 15.3 Å². The number of hydrogen-bond donors (Lipinski definition) is 1. The molecule has 3 aromatic rings. The SMILES string of the molecule is CN(c1cnc(-c2ccc(-n3cnc(C#N)n3)cc2O)nn1)[C@@H]1C[C@H]2CCC[C@H](C2)[C@@H]1F. The predicted octanol–water partition coefficient (Wildman–Crippen LogP) is 3.05. The van der Waals surface area contributed by atoms with Gasteiger partial charge in [0.15, 0.2) is 11.6 Å². The van der Waals surface area contributed by atoms with Crippen LogP contribution in [0.3, 0.4) is 0 Å². The van der Waals surface area contributed by atoms with Gasteiger partial charge in [-0.05, 0) is 43.2 Å². The number of phenols is 1. The predicted molar refractivity (Wildman–Crippen MR) is 114 cm³/mol. The van der Waals surface area contributed by atoms with Gasteiger partial charge in [-0.3, -0.25) is 0 Å². The van der Waals surface area contributed by atoms with E-state index >= 15 is 4.39 Å². The lowest BCUT2D eigenvalue weighted by atomic mass is 9.69. The first-order chi connectivity index (χ1) is 15.5. The summed E-state index contributed by atoms with van der Waals surface area (Å²) in [5.74, 6) is 1.49. The molecule has 1 aromatic carbocycles. The van der Waals surface area contributed by atoms with E-state index in [1.807, 2.05) is 18.0 Å². The highest BCUT2D eigenvalue weighted by Crippen LogP contribution is 2.43. The molecule has 32 heavy (non-hydrogen) atoms. The van der Waals surface area contributed by atoms with E-state index in [0.717, 1.165) is 25.7 Å². The number of benzene rings is 1. The molecule has 2 saturated carbocycles. The highest BCUT2D eigenvalue weighted by molar-refractivity contribution is 5.66. The van der Waals surface area contributed by atoms with Crippen LogP contribution in [0.25, 0.3) is 17.1 Å². The molecule has 4 atom stereocenters.